The molecular formula is C28H34N6O4S2. The number of rotatable bonds is 10. The second-order valence-electron chi connectivity index (χ2n) is 9.71. The van der Waals surface area contributed by atoms with Crippen molar-refractivity contribution >= 4 is 33.0 Å². The fourth-order valence-corrected chi connectivity index (χ4v) is 6.90. The van der Waals surface area contributed by atoms with Crippen molar-refractivity contribution in [1.82, 2.24) is 24.5 Å². The van der Waals surface area contributed by atoms with Gasteiger partial charge in [-0.25, -0.2) is 17.9 Å². The fourth-order valence-electron chi connectivity index (χ4n) is 4.85. The highest BCUT2D eigenvalue weighted by Crippen LogP contribution is 2.31. The summed E-state index contributed by atoms with van der Waals surface area (Å²) < 4.78 is 37.1. The molecule has 0 amide bonds. The van der Waals surface area contributed by atoms with E-state index in [1.54, 1.807) is 23.6 Å². The Kier molecular flexibility index (Phi) is 8.48. The van der Waals surface area contributed by atoms with Gasteiger partial charge in [0.2, 0.25) is 0 Å². The van der Waals surface area contributed by atoms with Gasteiger partial charge in [0.15, 0.2) is 11.3 Å². The third-order valence-corrected chi connectivity index (χ3v) is 9.04. The molecule has 10 nitrogen and oxygen atoms in total. The highest BCUT2D eigenvalue weighted by atomic mass is 32.2. The molecule has 0 radical (unpaired) electrons. The molecule has 0 aliphatic carbocycles. The van der Waals surface area contributed by atoms with Gasteiger partial charge < -0.3 is 9.72 Å². The lowest BCUT2D eigenvalue weighted by Gasteiger charge is -2.26. The predicted molar refractivity (Wildman–Crippen MR) is 159 cm³/mol. The van der Waals surface area contributed by atoms with Crippen LogP contribution in [0.4, 0.5) is 5.69 Å². The summed E-state index contributed by atoms with van der Waals surface area (Å²) in [5, 5.41) is 4.66. The van der Waals surface area contributed by atoms with E-state index >= 15 is 0 Å². The van der Waals surface area contributed by atoms with Crippen LogP contribution in [0.2, 0.25) is 0 Å². The smallest absolute Gasteiger partial charge is 0.277 e. The summed E-state index contributed by atoms with van der Waals surface area (Å²) in [5.41, 5.74) is 2.53. The minimum Gasteiger partial charge on any atom is -0.493 e. The average molecular weight is 583 g/mol. The zero-order chi connectivity index (χ0) is 28.3. The maximum atomic E-state index is 13.5. The Bertz CT molecular complexity index is 1680. The van der Waals surface area contributed by atoms with Crippen molar-refractivity contribution in [1.29, 1.82) is 0 Å². The zero-order valence-electron chi connectivity index (χ0n) is 22.9. The Labute approximate surface area is 238 Å². The number of anilines is 1. The topological polar surface area (TPSA) is 122 Å². The SMILES string of the molecule is CCCc1nc(C)c2c(=O)[nH]c(-c3cc(S(=O)(=O)Nc4cccc(CN5CCSCC5)c4)ccc3OCC)nn12. The number of imidazole rings is 1. The number of sulfonamides is 1. The van der Waals surface area contributed by atoms with Crippen LogP contribution in [0.15, 0.2) is 52.2 Å². The second kappa shape index (κ2) is 12.0. The summed E-state index contributed by atoms with van der Waals surface area (Å²) in [6.07, 6.45) is 1.49. The summed E-state index contributed by atoms with van der Waals surface area (Å²) in [6.45, 7) is 8.82. The number of aryl methyl sites for hydroxylation is 2. The molecule has 0 bridgehead atoms. The molecule has 0 unspecified atom stereocenters. The first kappa shape index (κ1) is 28.2. The fraction of sp³-hybridized carbons (Fsp3) is 0.393. The largest absolute Gasteiger partial charge is 0.493 e. The molecule has 0 saturated carbocycles. The maximum Gasteiger partial charge on any atom is 0.277 e. The number of thioether (sulfide) groups is 1. The van der Waals surface area contributed by atoms with Gasteiger partial charge in [-0.1, -0.05) is 19.1 Å². The number of benzene rings is 2. The molecule has 1 aliphatic rings. The van der Waals surface area contributed by atoms with Crippen LogP contribution in [0.3, 0.4) is 0 Å². The highest BCUT2D eigenvalue weighted by molar-refractivity contribution is 7.99. The van der Waals surface area contributed by atoms with Crippen LogP contribution in [0.25, 0.3) is 16.9 Å². The van der Waals surface area contributed by atoms with E-state index in [9.17, 15) is 13.2 Å². The van der Waals surface area contributed by atoms with E-state index in [-0.39, 0.29) is 16.3 Å². The van der Waals surface area contributed by atoms with Crippen LogP contribution in [-0.2, 0) is 23.0 Å². The molecule has 1 aliphatic heterocycles. The first-order chi connectivity index (χ1) is 19.3. The summed E-state index contributed by atoms with van der Waals surface area (Å²) in [4.78, 5) is 22.8. The lowest BCUT2D eigenvalue weighted by atomic mass is 10.2. The van der Waals surface area contributed by atoms with Gasteiger partial charge in [0, 0.05) is 43.2 Å². The third-order valence-electron chi connectivity index (χ3n) is 6.72. The third kappa shape index (κ3) is 6.03. The van der Waals surface area contributed by atoms with E-state index in [2.05, 4.69) is 24.7 Å². The van der Waals surface area contributed by atoms with Gasteiger partial charge in [0.25, 0.3) is 15.6 Å². The highest BCUT2D eigenvalue weighted by Gasteiger charge is 2.21. The number of H-pyrrole nitrogens is 1. The number of aromatic amines is 1. The molecular weight excluding hydrogens is 548 g/mol. The molecule has 0 spiro atoms. The quantitative estimate of drug-likeness (QED) is 0.287. The van der Waals surface area contributed by atoms with Crippen molar-refractivity contribution in [3.63, 3.8) is 0 Å². The van der Waals surface area contributed by atoms with Crippen molar-refractivity contribution in [2.75, 3.05) is 35.9 Å². The van der Waals surface area contributed by atoms with Gasteiger partial charge >= 0.3 is 0 Å². The number of nitrogens with zero attached hydrogens (tertiary/aromatic N) is 4. The van der Waals surface area contributed by atoms with Gasteiger partial charge in [-0.2, -0.15) is 11.8 Å². The molecule has 2 aromatic heterocycles. The Balaban J connectivity index is 1.49. The second-order valence-corrected chi connectivity index (χ2v) is 12.6. The molecule has 1 saturated heterocycles. The molecule has 12 heteroatoms. The Hall–Kier alpha value is -3.35. The van der Waals surface area contributed by atoms with Crippen LogP contribution >= 0.6 is 11.8 Å². The van der Waals surface area contributed by atoms with E-state index in [0.717, 1.165) is 43.1 Å². The summed E-state index contributed by atoms with van der Waals surface area (Å²) in [5.74, 6) is 3.52. The molecule has 212 valence electrons. The lowest BCUT2D eigenvalue weighted by Crippen LogP contribution is -2.31. The number of hydrogen-bond acceptors (Lipinski definition) is 8. The number of fused-ring (bicyclic) bond motifs is 1. The molecule has 5 rings (SSSR count). The number of hydrogen-bond donors (Lipinski definition) is 2. The number of aromatic nitrogens is 4. The summed E-state index contributed by atoms with van der Waals surface area (Å²) in [6, 6.07) is 12.1. The number of ether oxygens (including phenoxy) is 1. The normalized spacial score (nSPS) is 14.5. The molecule has 40 heavy (non-hydrogen) atoms. The Morgan fingerprint density at radius 1 is 1.12 bits per heavy atom. The van der Waals surface area contributed by atoms with Gasteiger partial charge in [-0.05, 0) is 56.2 Å². The predicted octanol–water partition coefficient (Wildman–Crippen LogP) is 4.09. The number of nitrogens with one attached hydrogen (secondary N) is 2. The van der Waals surface area contributed by atoms with Crippen LogP contribution in [0.5, 0.6) is 5.75 Å². The molecule has 3 heterocycles. The lowest BCUT2D eigenvalue weighted by molar-refractivity contribution is 0.294. The standard InChI is InChI=1S/C28H34N6O4S2/c1-4-7-25-29-19(3)26-28(35)30-27(31-34(25)26)23-17-22(10-11-24(23)38-5-2)40(36,37)32-21-9-6-8-20(16-21)18-33-12-14-39-15-13-33/h6,8-11,16-17,32H,4-5,7,12-15,18H2,1-3H3,(H,30,31,35). The molecule has 0 atom stereocenters. The zero-order valence-corrected chi connectivity index (χ0v) is 24.6. The van der Waals surface area contributed by atoms with E-state index in [1.165, 1.54) is 12.1 Å². The van der Waals surface area contributed by atoms with E-state index in [0.29, 0.717) is 47.1 Å². The summed E-state index contributed by atoms with van der Waals surface area (Å²) in [7, 11) is -3.95. The first-order valence-electron chi connectivity index (χ1n) is 13.5. The van der Waals surface area contributed by atoms with E-state index < -0.39 is 10.0 Å². The van der Waals surface area contributed by atoms with Gasteiger partial charge in [-0.15, -0.1) is 5.10 Å². The van der Waals surface area contributed by atoms with E-state index in [4.69, 9.17) is 4.74 Å². The molecule has 2 aromatic carbocycles. The van der Waals surface area contributed by atoms with Crippen molar-refractivity contribution in [3.8, 4) is 17.1 Å². The Morgan fingerprint density at radius 3 is 2.67 bits per heavy atom. The first-order valence-corrected chi connectivity index (χ1v) is 16.1. The minimum atomic E-state index is -3.95. The average Bonchev–Trinajstić information content (AvgIpc) is 3.25. The van der Waals surface area contributed by atoms with Crippen LogP contribution in [-0.4, -0.2) is 64.1 Å². The van der Waals surface area contributed by atoms with E-state index in [1.807, 2.05) is 43.8 Å². The van der Waals surface area contributed by atoms with Crippen LogP contribution in [0.1, 0.15) is 37.4 Å². The van der Waals surface area contributed by atoms with Crippen LogP contribution < -0.4 is 15.0 Å². The van der Waals surface area contributed by atoms with Crippen molar-refractivity contribution in [3.05, 3.63) is 69.9 Å². The van der Waals surface area contributed by atoms with Gasteiger partial charge in [0.05, 0.1) is 22.8 Å². The van der Waals surface area contributed by atoms with Crippen molar-refractivity contribution < 1.29 is 13.2 Å². The van der Waals surface area contributed by atoms with Crippen molar-refractivity contribution in [2.24, 2.45) is 0 Å². The van der Waals surface area contributed by atoms with Crippen LogP contribution in [0, 0.1) is 6.92 Å². The molecule has 4 aromatic rings. The monoisotopic (exact) mass is 582 g/mol. The molecule has 1 fully saturated rings. The molecule has 2 N–H and O–H groups in total. The van der Waals surface area contributed by atoms with Gasteiger partial charge in [0.1, 0.15) is 11.6 Å². The summed E-state index contributed by atoms with van der Waals surface area (Å²) >= 11 is 1.96. The maximum absolute atomic E-state index is 13.5. The van der Waals surface area contributed by atoms with Gasteiger partial charge in [-0.3, -0.25) is 14.4 Å². The minimum absolute atomic E-state index is 0.0303. The Morgan fingerprint density at radius 2 is 1.93 bits per heavy atom. The van der Waals surface area contributed by atoms with Crippen molar-refractivity contribution in [2.45, 2.75) is 45.1 Å².